The molecule has 3 aromatic rings. The molecule has 194 valence electrons. The van der Waals surface area contributed by atoms with E-state index in [-0.39, 0.29) is 5.97 Å². The third kappa shape index (κ3) is 6.47. The molecule has 1 aromatic heterocycles. The van der Waals surface area contributed by atoms with Crippen LogP contribution in [0.25, 0.3) is 4.85 Å². The van der Waals surface area contributed by atoms with E-state index >= 15 is 0 Å². The van der Waals surface area contributed by atoms with Crippen molar-refractivity contribution in [1.82, 2.24) is 14.5 Å². The van der Waals surface area contributed by atoms with E-state index in [0.717, 1.165) is 63.7 Å². The van der Waals surface area contributed by atoms with Gasteiger partial charge in [-0.05, 0) is 50.3 Å². The highest BCUT2D eigenvalue weighted by Gasteiger charge is 2.46. The molecule has 1 fully saturated rings. The van der Waals surface area contributed by atoms with Gasteiger partial charge in [-0.3, -0.25) is 9.69 Å². The van der Waals surface area contributed by atoms with Gasteiger partial charge in [0.25, 0.3) is 0 Å². The van der Waals surface area contributed by atoms with Crippen LogP contribution in [-0.2, 0) is 29.0 Å². The first-order chi connectivity index (χ1) is 18.0. The largest absolute Gasteiger partial charge is 0.469 e. The SMILES string of the molecule is [C-]#[N+]c1ccc(Cn2cncc2CN2CCC(Cc3cccc(C)c3)(C(=O)OC)CC2CCCC)cc1. The first kappa shape index (κ1) is 26.6. The van der Waals surface area contributed by atoms with Gasteiger partial charge in [0.15, 0.2) is 5.69 Å². The molecule has 0 aliphatic carbocycles. The molecule has 1 saturated heterocycles. The molecule has 6 heteroatoms. The smallest absolute Gasteiger partial charge is 0.312 e. The van der Waals surface area contributed by atoms with E-state index in [2.05, 4.69) is 57.4 Å². The van der Waals surface area contributed by atoms with Gasteiger partial charge in [0.1, 0.15) is 0 Å². The molecule has 0 radical (unpaired) electrons. The summed E-state index contributed by atoms with van der Waals surface area (Å²) in [6.07, 6.45) is 9.48. The third-order valence-corrected chi connectivity index (χ3v) is 7.74. The number of hydrogen-bond acceptors (Lipinski definition) is 4. The average molecular weight is 499 g/mol. The van der Waals surface area contributed by atoms with E-state index in [1.54, 1.807) is 0 Å². The van der Waals surface area contributed by atoms with Gasteiger partial charge in [-0.25, -0.2) is 9.83 Å². The van der Waals surface area contributed by atoms with Crippen molar-refractivity contribution in [3.8, 4) is 0 Å². The molecular formula is C31H38N4O2. The van der Waals surface area contributed by atoms with Crippen LogP contribution in [0.1, 0.15) is 61.4 Å². The molecule has 0 spiro atoms. The molecule has 0 amide bonds. The number of carbonyl (C=O) groups is 1. The molecule has 2 heterocycles. The Bertz CT molecular complexity index is 1230. The maximum absolute atomic E-state index is 13.3. The van der Waals surface area contributed by atoms with Crippen LogP contribution >= 0.6 is 0 Å². The monoisotopic (exact) mass is 498 g/mol. The number of benzene rings is 2. The van der Waals surface area contributed by atoms with Crippen LogP contribution in [0, 0.1) is 18.9 Å². The Labute approximate surface area is 221 Å². The van der Waals surface area contributed by atoms with Crippen molar-refractivity contribution in [2.24, 2.45) is 5.41 Å². The van der Waals surface area contributed by atoms with Crippen molar-refractivity contribution in [2.45, 2.75) is 71.5 Å². The van der Waals surface area contributed by atoms with Crippen LogP contribution in [0.5, 0.6) is 0 Å². The van der Waals surface area contributed by atoms with Gasteiger partial charge in [0.2, 0.25) is 0 Å². The van der Waals surface area contributed by atoms with E-state index in [1.165, 1.54) is 23.9 Å². The Morgan fingerprint density at radius 3 is 2.70 bits per heavy atom. The Morgan fingerprint density at radius 1 is 1.19 bits per heavy atom. The Kier molecular flexibility index (Phi) is 8.78. The van der Waals surface area contributed by atoms with Crippen LogP contribution in [0.15, 0.2) is 61.1 Å². The zero-order valence-corrected chi connectivity index (χ0v) is 22.3. The molecule has 6 nitrogen and oxygen atoms in total. The minimum absolute atomic E-state index is 0.0805. The van der Waals surface area contributed by atoms with E-state index in [9.17, 15) is 4.79 Å². The first-order valence-corrected chi connectivity index (χ1v) is 13.3. The minimum Gasteiger partial charge on any atom is -0.469 e. The second-order valence-corrected chi connectivity index (χ2v) is 10.4. The van der Waals surface area contributed by atoms with E-state index in [1.807, 2.05) is 36.8 Å². The van der Waals surface area contributed by atoms with Gasteiger partial charge in [-0.2, -0.15) is 0 Å². The second kappa shape index (κ2) is 12.2. The van der Waals surface area contributed by atoms with Crippen LogP contribution in [-0.4, -0.2) is 40.1 Å². The van der Waals surface area contributed by atoms with Crippen LogP contribution in [0.2, 0.25) is 0 Å². The summed E-state index contributed by atoms with van der Waals surface area (Å²) in [5, 5.41) is 0. The molecule has 37 heavy (non-hydrogen) atoms. The highest BCUT2D eigenvalue weighted by Crippen LogP contribution is 2.41. The zero-order valence-electron chi connectivity index (χ0n) is 22.3. The van der Waals surface area contributed by atoms with Crippen molar-refractivity contribution in [3.63, 3.8) is 0 Å². The number of unbranched alkanes of at least 4 members (excludes halogenated alkanes) is 1. The lowest BCUT2D eigenvalue weighted by Gasteiger charge is -2.45. The average Bonchev–Trinajstić information content (AvgIpc) is 3.34. The molecule has 1 aliphatic heterocycles. The summed E-state index contributed by atoms with van der Waals surface area (Å²) in [4.78, 5) is 23.7. The van der Waals surface area contributed by atoms with Crippen LogP contribution in [0.3, 0.4) is 0 Å². The van der Waals surface area contributed by atoms with Crippen LogP contribution in [0.4, 0.5) is 5.69 Å². The normalized spacial score (nSPS) is 19.9. The number of imidazole rings is 1. The molecule has 2 aromatic carbocycles. The zero-order chi connectivity index (χ0) is 26.3. The van der Waals surface area contributed by atoms with E-state index < -0.39 is 5.41 Å². The minimum atomic E-state index is -0.498. The van der Waals surface area contributed by atoms with E-state index in [4.69, 9.17) is 11.3 Å². The number of aromatic nitrogens is 2. The summed E-state index contributed by atoms with van der Waals surface area (Å²) in [6.45, 7) is 13.9. The summed E-state index contributed by atoms with van der Waals surface area (Å²) < 4.78 is 7.59. The second-order valence-electron chi connectivity index (χ2n) is 10.4. The van der Waals surface area contributed by atoms with Gasteiger partial charge < -0.3 is 9.30 Å². The Morgan fingerprint density at radius 2 is 2.00 bits per heavy atom. The molecule has 1 aliphatic rings. The lowest BCUT2D eigenvalue weighted by molar-refractivity contribution is -0.157. The van der Waals surface area contributed by atoms with Crippen LogP contribution < -0.4 is 0 Å². The fourth-order valence-corrected chi connectivity index (χ4v) is 5.71. The number of ether oxygens (including phenoxy) is 1. The lowest BCUT2D eigenvalue weighted by atomic mass is 9.70. The maximum Gasteiger partial charge on any atom is 0.312 e. The molecule has 0 bridgehead atoms. The summed E-state index contributed by atoms with van der Waals surface area (Å²) in [5.74, 6) is -0.0805. The number of rotatable bonds is 10. The van der Waals surface area contributed by atoms with Crippen molar-refractivity contribution in [1.29, 1.82) is 0 Å². The number of hydrogen-bond donors (Lipinski definition) is 0. The number of piperidine rings is 1. The molecule has 2 unspecified atom stereocenters. The van der Waals surface area contributed by atoms with Gasteiger partial charge >= 0.3 is 5.97 Å². The molecular weight excluding hydrogens is 460 g/mol. The summed E-state index contributed by atoms with van der Waals surface area (Å²) in [7, 11) is 1.52. The highest BCUT2D eigenvalue weighted by molar-refractivity contribution is 5.77. The predicted molar refractivity (Wildman–Crippen MR) is 146 cm³/mol. The number of aryl methyl sites for hydroxylation is 1. The Balaban J connectivity index is 1.53. The molecule has 2 atom stereocenters. The number of methoxy groups -OCH3 is 1. The first-order valence-electron chi connectivity index (χ1n) is 13.3. The van der Waals surface area contributed by atoms with Gasteiger partial charge in [-0.1, -0.05) is 73.9 Å². The van der Waals surface area contributed by atoms with Gasteiger partial charge in [0.05, 0.1) is 31.1 Å². The van der Waals surface area contributed by atoms with Gasteiger partial charge in [0, 0.05) is 25.3 Å². The topological polar surface area (TPSA) is 51.7 Å². The third-order valence-electron chi connectivity index (χ3n) is 7.74. The molecule has 0 saturated carbocycles. The predicted octanol–water partition coefficient (Wildman–Crippen LogP) is 6.35. The Hall–Kier alpha value is -3.43. The quantitative estimate of drug-likeness (QED) is 0.242. The van der Waals surface area contributed by atoms with Crippen molar-refractivity contribution in [2.75, 3.05) is 13.7 Å². The standard InChI is InChI=1S/C31H38N4O2/c1-5-6-10-28-19-31(30(36)37-4,18-26-9-7-8-24(2)17-26)15-16-34(28)22-29-20-33-23-35(29)21-25-11-13-27(32-3)14-12-25/h7-9,11-14,17,20,23,28H,5-6,10,15-16,18-19,21-22H2,1-2,4H3. The maximum atomic E-state index is 13.3. The van der Waals surface area contributed by atoms with Crippen molar-refractivity contribution >= 4 is 11.7 Å². The van der Waals surface area contributed by atoms with Gasteiger partial charge in [-0.15, -0.1) is 0 Å². The number of carbonyl (C=O) groups excluding carboxylic acids is 1. The van der Waals surface area contributed by atoms with Crippen molar-refractivity contribution < 1.29 is 9.53 Å². The summed E-state index contributed by atoms with van der Waals surface area (Å²) in [5.41, 5.74) is 4.89. The summed E-state index contributed by atoms with van der Waals surface area (Å²) in [6, 6.07) is 16.6. The fourth-order valence-electron chi connectivity index (χ4n) is 5.71. The van der Waals surface area contributed by atoms with E-state index in [0.29, 0.717) is 11.7 Å². The molecule has 0 N–H and O–H groups in total. The number of esters is 1. The number of nitrogens with zero attached hydrogens (tertiary/aromatic N) is 4. The number of likely N-dealkylation sites (tertiary alicyclic amines) is 1. The fraction of sp³-hybridized carbons (Fsp3) is 0.452. The highest BCUT2D eigenvalue weighted by atomic mass is 16.5. The lowest BCUT2D eigenvalue weighted by Crippen LogP contribution is -2.51. The molecule has 4 rings (SSSR count). The summed E-state index contributed by atoms with van der Waals surface area (Å²) >= 11 is 0. The van der Waals surface area contributed by atoms with Crippen molar-refractivity contribution in [3.05, 3.63) is 94.9 Å².